The smallest absolute Gasteiger partial charge is 0.237 e. The Balaban J connectivity index is 2.45. The third-order valence-corrected chi connectivity index (χ3v) is 2.72. The molecule has 0 spiro atoms. The van der Waals surface area contributed by atoms with Crippen LogP contribution in [0.3, 0.4) is 0 Å². The minimum atomic E-state index is -0.0776. The highest BCUT2D eigenvalue weighted by Gasteiger charge is 2.22. The van der Waals surface area contributed by atoms with Gasteiger partial charge in [0.2, 0.25) is 5.88 Å². The summed E-state index contributed by atoms with van der Waals surface area (Å²) < 4.78 is 7.09. The Morgan fingerprint density at radius 1 is 1.33 bits per heavy atom. The van der Waals surface area contributed by atoms with Gasteiger partial charge in [0.05, 0.1) is 18.8 Å². The fraction of sp³-hybridized carbons (Fsp3) is 0.417. The lowest BCUT2D eigenvalue weighted by atomic mass is 10.1. The van der Waals surface area contributed by atoms with Gasteiger partial charge in [-0.05, 0) is 12.6 Å². The molecule has 0 aliphatic rings. The zero-order chi connectivity index (χ0) is 13.0. The molecule has 1 N–H and O–H groups in total. The average molecular weight is 247 g/mol. The molecule has 96 valence electrons. The van der Waals surface area contributed by atoms with Gasteiger partial charge >= 0.3 is 0 Å². The van der Waals surface area contributed by atoms with Crippen LogP contribution in [0.25, 0.3) is 0 Å². The van der Waals surface area contributed by atoms with E-state index in [1.807, 2.05) is 24.7 Å². The topological polar surface area (TPSA) is 64.9 Å². The van der Waals surface area contributed by atoms with Crippen LogP contribution >= 0.6 is 0 Å². The molecular weight excluding hydrogens is 230 g/mol. The summed E-state index contributed by atoms with van der Waals surface area (Å²) in [5.74, 6) is 0.532. The van der Waals surface area contributed by atoms with Gasteiger partial charge in [-0.25, -0.2) is 4.98 Å². The molecule has 0 bridgehead atoms. The van der Waals surface area contributed by atoms with Gasteiger partial charge in [-0.1, -0.05) is 6.92 Å². The van der Waals surface area contributed by atoms with E-state index in [-0.39, 0.29) is 6.04 Å². The molecule has 1 unspecified atom stereocenters. The van der Waals surface area contributed by atoms with Crippen molar-refractivity contribution in [2.75, 3.05) is 13.7 Å². The number of nitrogens with zero attached hydrogens (tertiary/aromatic N) is 4. The molecule has 1 atom stereocenters. The summed E-state index contributed by atoms with van der Waals surface area (Å²) in [6, 6.07) is 1.88. The Morgan fingerprint density at radius 3 is 2.72 bits per heavy atom. The summed E-state index contributed by atoms with van der Waals surface area (Å²) in [5.41, 5.74) is 1.79. The molecule has 2 rings (SSSR count). The standard InChI is InChI=1S/C12H17N5O/c1-4-13-10(9-5-6-16-17(9)2)11-12(18-3)15-8-7-14-11/h5-8,10,13H,4H2,1-3H3. The van der Waals surface area contributed by atoms with Crippen LogP contribution in [-0.4, -0.2) is 33.4 Å². The highest BCUT2D eigenvalue weighted by molar-refractivity contribution is 5.28. The highest BCUT2D eigenvalue weighted by Crippen LogP contribution is 2.25. The minimum absolute atomic E-state index is 0.0776. The lowest BCUT2D eigenvalue weighted by molar-refractivity contribution is 0.381. The lowest BCUT2D eigenvalue weighted by Gasteiger charge is -2.18. The van der Waals surface area contributed by atoms with Crippen molar-refractivity contribution in [2.45, 2.75) is 13.0 Å². The van der Waals surface area contributed by atoms with Crippen LogP contribution < -0.4 is 10.1 Å². The largest absolute Gasteiger partial charge is 0.480 e. The van der Waals surface area contributed by atoms with Gasteiger partial charge in [0.15, 0.2) is 0 Å². The van der Waals surface area contributed by atoms with E-state index in [0.29, 0.717) is 5.88 Å². The molecule has 2 aromatic rings. The predicted octanol–water partition coefficient (Wildman–Crippen LogP) is 0.918. The average Bonchev–Trinajstić information content (AvgIpc) is 2.82. The van der Waals surface area contributed by atoms with Crippen molar-refractivity contribution in [3.05, 3.63) is 36.0 Å². The predicted molar refractivity (Wildman–Crippen MR) is 67.3 cm³/mol. The first-order valence-corrected chi connectivity index (χ1v) is 5.84. The van der Waals surface area contributed by atoms with Gasteiger partial charge in [0.25, 0.3) is 0 Å². The van der Waals surface area contributed by atoms with Crippen LogP contribution in [0.5, 0.6) is 5.88 Å². The minimum Gasteiger partial charge on any atom is -0.480 e. The third-order valence-electron chi connectivity index (χ3n) is 2.72. The molecule has 2 heterocycles. The Kier molecular flexibility index (Phi) is 3.88. The van der Waals surface area contributed by atoms with E-state index in [4.69, 9.17) is 4.74 Å². The van der Waals surface area contributed by atoms with Gasteiger partial charge in [0, 0.05) is 25.6 Å². The van der Waals surface area contributed by atoms with Crippen molar-refractivity contribution < 1.29 is 4.74 Å². The second-order valence-corrected chi connectivity index (χ2v) is 3.82. The molecule has 6 nitrogen and oxygen atoms in total. The summed E-state index contributed by atoms with van der Waals surface area (Å²) in [4.78, 5) is 8.56. The van der Waals surface area contributed by atoms with E-state index in [2.05, 4.69) is 20.4 Å². The Hall–Kier alpha value is -1.95. The normalized spacial score (nSPS) is 12.4. The Bertz CT molecular complexity index is 511. The number of methoxy groups -OCH3 is 1. The van der Waals surface area contributed by atoms with Crippen LogP contribution in [0.1, 0.15) is 24.4 Å². The molecule has 0 saturated carbocycles. The molecule has 0 amide bonds. The monoisotopic (exact) mass is 247 g/mol. The number of aryl methyl sites for hydroxylation is 1. The van der Waals surface area contributed by atoms with Gasteiger partial charge < -0.3 is 10.1 Å². The SMILES string of the molecule is CCNC(c1nccnc1OC)c1ccnn1C. The molecule has 0 fully saturated rings. The first-order valence-electron chi connectivity index (χ1n) is 5.84. The molecular formula is C12H17N5O. The fourth-order valence-electron chi connectivity index (χ4n) is 1.90. The quantitative estimate of drug-likeness (QED) is 0.851. The van der Waals surface area contributed by atoms with Crippen LogP contribution in [0.2, 0.25) is 0 Å². The van der Waals surface area contributed by atoms with Gasteiger partial charge in [-0.2, -0.15) is 5.10 Å². The zero-order valence-corrected chi connectivity index (χ0v) is 10.8. The molecule has 18 heavy (non-hydrogen) atoms. The Labute approximate surface area is 106 Å². The highest BCUT2D eigenvalue weighted by atomic mass is 16.5. The maximum atomic E-state index is 5.27. The second-order valence-electron chi connectivity index (χ2n) is 3.82. The molecule has 0 aromatic carbocycles. The molecule has 2 aromatic heterocycles. The molecule has 0 aliphatic carbocycles. The maximum absolute atomic E-state index is 5.27. The third kappa shape index (κ3) is 2.33. The summed E-state index contributed by atoms with van der Waals surface area (Å²) in [6.07, 6.45) is 5.05. The van der Waals surface area contributed by atoms with E-state index in [1.54, 1.807) is 25.7 Å². The maximum Gasteiger partial charge on any atom is 0.237 e. The summed E-state index contributed by atoms with van der Waals surface area (Å²) in [6.45, 7) is 2.86. The van der Waals surface area contributed by atoms with Crippen molar-refractivity contribution in [1.29, 1.82) is 0 Å². The van der Waals surface area contributed by atoms with Crippen molar-refractivity contribution in [2.24, 2.45) is 7.05 Å². The van der Waals surface area contributed by atoms with Crippen LogP contribution in [0.15, 0.2) is 24.7 Å². The van der Waals surface area contributed by atoms with Crippen molar-refractivity contribution in [1.82, 2.24) is 25.1 Å². The molecule has 0 aliphatic heterocycles. The van der Waals surface area contributed by atoms with Crippen molar-refractivity contribution in [3.63, 3.8) is 0 Å². The van der Waals surface area contributed by atoms with Crippen LogP contribution in [0.4, 0.5) is 0 Å². The summed E-state index contributed by atoms with van der Waals surface area (Å²) >= 11 is 0. The number of hydrogen-bond donors (Lipinski definition) is 1. The van der Waals surface area contributed by atoms with Gasteiger partial charge in [-0.15, -0.1) is 0 Å². The van der Waals surface area contributed by atoms with E-state index in [0.717, 1.165) is 17.9 Å². The molecule has 6 heteroatoms. The number of hydrogen-bond acceptors (Lipinski definition) is 5. The van der Waals surface area contributed by atoms with Crippen molar-refractivity contribution >= 4 is 0 Å². The number of ether oxygens (including phenoxy) is 1. The van der Waals surface area contributed by atoms with E-state index in [9.17, 15) is 0 Å². The first kappa shape index (κ1) is 12.5. The summed E-state index contributed by atoms with van der Waals surface area (Å²) in [5, 5.41) is 7.56. The second kappa shape index (κ2) is 5.59. The van der Waals surface area contributed by atoms with E-state index < -0.39 is 0 Å². The van der Waals surface area contributed by atoms with Gasteiger partial charge in [0.1, 0.15) is 5.69 Å². The van der Waals surface area contributed by atoms with E-state index >= 15 is 0 Å². The first-order chi connectivity index (χ1) is 8.77. The van der Waals surface area contributed by atoms with Crippen molar-refractivity contribution in [3.8, 4) is 5.88 Å². The number of nitrogens with one attached hydrogen (secondary N) is 1. The summed E-state index contributed by atoms with van der Waals surface area (Å²) in [7, 11) is 3.50. The fourth-order valence-corrected chi connectivity index (χ4v) is 1.90. The van der Waals surface area contributed by atoms with Crippen LogP contribution in [0, 0.1) is 0 Å². The van der Waals surface area contributed by atoms with Crippen LogP contribution in [-0.2, 0) is 7.05 Å². The molecule has 0 radical (unpaired) electrons. The zero-order valence-electron chi connectivity index (χ0n) is 10.8. The van der Waals surface area contributed by atoms with Gasteiger partial charge in [-0.3, -0.25) is 9.67 Å². The number of aromatic nitrogens is 4. The molecule has 0 saturated heterocycles. The van der Waals surface area contributed by atoms with E-state index in [1.165, 1.54) is 0 Å². The lowest BCUT2D eigenvalue weighted by Crippen LogP contribution is -2.25. The number of rotatable bonds is 5. The Morgan fingerprint density at radius 2 is 2.11 bits per heavy atom.